The standard InChI is InChI=1S/C15H21FN2O/c1-17-11-13-7-4-5-9-18(13)15(19)10-12-6-2-3-8-14(12)16/h2-3,6,8,13,17H,4-5,7,9-11H2,1H3. The summed E-state index contributed by atoms with van der Waals surface area (Å²) in [6.07, 6.45) is 3.40. The Bertz CT molecular complexity index is 434. The van der Waals surface area contributed by atoms with Crippen molar-refractivity contribution in [2.45, 2.75) is 31.7 Å². The highest BCUT2D eigenvalue weighted by Gasteiger charge is 2.26. The molecule has 0 bridgehead atoms. The van der Waals surface area contributed by atoms with Crippen LogP contribution in [0.4, 0.5) is 4.39 Å². The molecule has 1 aliphatic rings. The van der Waals surface area contributed by atoms with E-state index in [1.807, 2.05) is 11.9 Å². The highest BCUT2D eigenvalue weighted by molar-refractivity contribution is 5.79. The number of carbonyl (C=O) groups is 1. The fourth-order valence-corrected chi connectivity index (χ4v) is 2.68. The van der Waals surface area contributed by atoms with Gasteiger partial charge in [0.25, 0.3) is 0 Å². The molecule has 1 amide bonds. The quantitative estimate of drug-likeness (QED) is 0.901. The van der Waals surface area contributed by atoms with Crippen molar-refractivity contribution in [1.82, 2.24) is 10.2 Å². The highest BCUT2D eigenvalue weighted by atomic mass is 19.1. The van der Waals surface area contributed by atoms with Gasteiger partial charge in [-0.2, -0.15) is 0 Å². The molecule has 1 heterocycles. The number of piperidine rings is 1. The van der Waals surface area contributed by atoms with E-state index in [-0.39, 0.29) is 24.2 Å². The average molecular weight is 264 g/mol. The maximum absolute atomic E-state index is 13.6. The summed E-state index contributed by atoms with van der Waals surface area (Å²) in [4.78, 5) is 14.2. The smallest absolute Gasteiger partial charge is 0.227 e. The summed E-state index contributed by atoms with van der Waals surface area (Å²) in [7, 11) is 1.90. The fraction of sp³-hybridized carbons (Fsp3) is 0.533. The van der Waals surface area contributed by atoms with Crippen molar-refractivity contribution in [3.05, 3.63) is 35.6 Å². The first-order chi connectivity index (χ1) is 9.22. The van der Waals surface area contributed by atoms with Crippen molar-refractivity contribution in [3.8, 4) is 0 Å². The number of likely N-dealkylation sites (tertiary alicyclic amines) is 1. The van der Waals surface area contributed by atoms with Crippen LogP contribution in [0.3, 0.4) is 0 Å². The van der Waals surface area contributed by atoms with Gasteiger partial charge in [-0.15, -0.1) is 0 Å². The van der Waals surface area contributed by atoms with Crippen LogP contribution in [-0.2, 0) is 11.2 Å². The van der Waals surface area contributed by atoms with Gasteiger partial charge < -0.3 is 10.2 Å². The average Bonchev–Trinajstić information content (AvgIpc) is 2.42. The van der Waals surface area contributed by atoms with Crippen LogP contribution in [0.1, 0.15) is 24.8 Å². The molecule has 1 aliphatic heterocycles. The second-order valence-electron chi connectivity index (χ2n) is 5.06. The number of hydrogen-bond acceptors (Lipinski definition) is 2. The first-order valence-corrected chi connectivity index (χ1v) is 6.90. The van der Waals surface area contributed by atoms with Crippen LogP contribution in [0, 0.1) is 5.82 Å². The zero-order valence-corrected chi connectivity index (χ0v) is 11.4. The van der Waals surface area contributed by atoms with Crippen molar-refractivity contribution in [1.29, 1.82) is 0 Å². The first-order valence-electron chi connectivity index (χ1n) is 6.90. The first kappa shape index (κ1) is 14.0. The Morgan fingerprint density at radius 3 is 2.95 bits per heavy atom. The molecular formula is C15H21FN2O. The van der Waals surface area contributed by atoms with Crippen LogP contribution in [0.25, 0.3) is 0 Å². The molecule has 0 radical (unpaired) electrons. The molecule has 1 N–H and O–H groups in total. The van der Waals surface area contributed by atoms with E-state index in [0.717, 1.165) is 32.4 Å². The predicted octanol–water partition coefficient (Wildman–Crippen LogP) is 1.97. The summed E-state index contributed by atoms with van der Waals surface area (Å²) in [6, 6.07) is 6.76. The Balaban J connectivity index is 2.03. The third kappa shape index (κ3) is 3.53. The number of nitrogens with one attached hydrogen (secondary N) is 1. The van der Waals surface area contributed by atoms with E-state index in [2.05, 4.69) is 5.32 Å². The normalized spacial score (nSPS) is 19.5. The second kappa shape index (κ2) is 6.66. The Labute approximate surface area is 113 Å². The van der Waals surface area contributed by atoms with E-state index in [9.17, 15) is 9.18 Å². The number of likely N-dealkylation sites (N-methyl/N-ethyl adjacent to an activating group) is 1. The topological polar surface area (TPSA) is 32.3 Å². The Morgan fingerprint density at radius 2 is 2.21 bits per heavy atom. The zero-order chi connectivity index (χ0) is 13.7. The van der Waals surface area contributed by atoms with Crippen LogP contribution >= 0.6 is 0 Å². The molecule has 0 saturated carbocycles. The monoisotopic (exact) mass is 264 g/mol. The van der Waals surface area contributed by atoms with E-state index in [4.69, 9.17) is 0 Å². The third-order valence-electron chi connectivity index (χ3n) is 3.69. The summed E-state index contributed by atoms with van der Waals surface area (Å²) in [5.74, 6) is -0.261. The highest BCUT2D eigenvalue weighted by Crippen LogP contribution is 2.18. The van der Waals surface area contributed by atoms with Crippen molar-refractivity contribution in [2.24, 2.45) is 0 Å². The molecule has 1 atom stereocenters. The van der Waals surface area contributed by atoms with Gasteiger partial charge in [0.15, 0.2) is 0 Å². The Kier molecular flexibility index (Phi) is 4.91. The largest absolute Gasteiger partial charge is 0.338 e. The minimum absolute atomic E-state index is 0.0325. The zero-order valence-electron chi connectivity index (χ0n) is 11.4. The maximum Gasteiger partial charge on any atom is 0.227 e. The lowest BCUT2D eigenvalue weighted by atomic mass is 10.0. The molecule has 1 fully saturated rings. The van der Waals surface area contributed by atoms with Gasteiger partial charge in [-0.1, -0.05) is 18.2 Å². The third-order valence-corrected chi connectivity index (χ3v) is 3.69. The summed E-state index contributed by atoms with van der Waals surface area (Å²) < 4.78 is 13.6. The lowest BCUT2D eigenvalue weighted by Crippen LogP contribution is -2.48. The van der Waals surface area contributed by atoms with Crippen molar-refractivity contribution < 1.29 is 9.18 Å². The molecule has 1 saturated heterocycles. The Morgan fingerprint density at radius 1 is 1.42 bits per heavy atom. The predicted molar refractivity (Wildman–Crippen MR) is 73.4 cm³/mol. The van der Waals surface area contributed by atoms with Crippen molar-refractivity contribution in [3.63, 3.8) is 0 Å². The minimum atomic E-state index is -0.293. The van der Waals surface area contributed by atoms with Gasteiger partial charge in [-0.25, -0.2) is 4.39 Å². The molecule has 4 heteroatoms. The summed E-state index contributed by atoms with van der Waals surface area (Å²) in [5.41, 5.74) is 0.487. The number of benzene rings is 1. The SMILES string of the molecule is CNCC1CCCCN1C(=O)Cc1ccccc1F. The number of halogens is 1. The molecule has 0 spiro atoms. The molecule has 104 valence electrons. The number of rotatable bonds is 4. The molecule has 2 rings (SSSR count). The van der Waals surface area contributed by atoms with Gasteiger partial charge in [-0.3, -0.25) is 4.79 Å². The van der Waals surface area contributed by atoms with Crippen LogP contribution in [0.5, 0.6) is 0 Å². The van der Waals surface area contributed by atoms with Gasteiger partial charge >= 0.3 is 0 Å². The fourth-order valence-electron chi connectivity index (χ4n) is 2.68. The summed E-state index contributed by atoms with van der Waals surface area (Å²) in [5, 5.41) is 3.13. The molecule has 0 aliphatic carbocycles. The molecule has 3 nitrogen and oxygen atoms in total. The lowest BCUT2D eigenvalue weighted by molar-refractivity contribution is -0.134. The summed E-state index contributed by atoms with van der Waals surface area (Å²) >= 11 is 0. The van der Waals surface area contributed by atoms with E-state index in [0.29, 0.717) is 5.56 Å². The summed E-state index contributed by atoms with van der Waals surface area (Å²) in [6.45, 7) is 1.60. The van der Waals surface area contributed by atoms with Gasteiger partial charge in [0.05, 0.1) is 6.42 Å². The number of carbonyl (C=O) groups excluding carboxylic acids is 1. The van der Waals surface area contributed by atoms with Crippen LogP contribution < -0.4 is 5.32 Å². The second-order valence-corrected chi connectivity index (χ2v) is 5.06. The molecular weight excluding hydrogens is 243 g/mol. The van der Waals surface area contributed by atoms with Crippen LogP contribution in [0.2, 0.25) is 0 Å². The number of hydrogen-bond donors (Lipinski definition) is 1. The van der Waals surface area contributed by atoms with Gasteiger partial charge in [0.2, 0.25) is 5.91 Å². The number of amides is 1. The van der Waals surface area contributed by atoms with Crippen molar-refractivity contribution in [2.75, 3.05) is 20.1 Å². The van der Waals surface area contributed by atoms with E-state index >= 15 is 0 Å². The Hall–Kier alpha value is -1.42. The van der Waals surface area contributed by atoms with Gasteiger partial charge in [0.1, 0.15) is 5.82 Å². The maximum atomic E-state index is 13.6. The molecule has 19 heavy (non-hydrogen) atoms. The molecule has 1 aromatic rings. The van der Waals surface area contributed by atoms with E-state index < -0.39 is 0 Å². The molecule has 0 aromatic heterocycles. The van der Waals surface area contributed by atoms with Gasteiger partial charge in [-0.05, 0) is 37.9 Å². The van der Waals surface area contributed by atoms with Gasteiger partial charge in [0, 0.05) is 19.1 Å². The molecule has 1 aromatic carbocycles. The van der Waals surface area contributed by atoms with Crippen LogP contribution in [-0.4, -0.2) is 37.0 Å². The van der Waals surface area contributed by atoms with E-state index in [1.165, 1.54) is 6.07 Å². The lowest BCUT2D eigenvalue weighted by Gasteiger charge is -2.36. The van der Waals surface area contributed by atoms with Crippen LogP contribution in [0.15, 0.2) is 24.3 Å². The minimum Gasteiger partial charge on any atom is -0.338 e. The molecule has 1 unspecified atom stereocenters. The van der Waals surface area contributed by atoms with E-state index in [1.54, 1.807) is 18.2 Å². The van der Waals surface area contributed by atoms with Crippen molar-refractivity contribution >= 4 is 5.91 Å². The number of nitrogens with zero attached hydrogens (tertiary/aromatic N) is 1.